The summed E-state index contributed by atoms with van der Waals surface area (Å²) in [4.78, 5) is 63.0. The average molecular weight is 549 g/mol. The standard InChI is InChI=1S/C29H28N2O9/c1-38-28(36)24(16-19-12-14-22(32)15-13-19)30-26(34)23(31-29(37)39-18-20-8-4-2-5-9-20)17-25(33)40-27(35)21-10-6-3-7-11-21/h2-15,23-24,32H,16-18H2,1H3,(H,30,34)(H,31,37)/t23-,24-/m0/s1. The van der Waals surface area contributed by atoms with Crippen molar-refractivity contribution in [2.75, 3.05) is 7.11 Å². The van der Waals surface area contributed by atoms with Gasteiger partial charge in [-0.25, -0.2) is 14.4 Å². The Bertz CT molecular complexity index is 1310. The second-order valence-corrected chi connectivity index (χ2v) is 8.55. The molecule has 0 fully saturated rings. The number of carbonyl (C=O) groups excluding carboxylic acids is 5. The number of hydrogen-bond donors (Lipinski definition) is 3. The van der Waals surface area contributed by atoms with E-state index >= 15 is 0 Å². The molecule has 3 aromatic carbocycles. The van der Waals surface area contributed by atoms with Gasteiger partial charge in [-0.2, -0.15) is 0 Å². The van der Waals surface area contributed by atoms with Crippen LogP contribution in [-0.4, -0.2) is 54.2 Å². The molecule has 0 radical (unpaired) electrons. The van der Waals surface area contributed by atoms with Gasteiger partial charge in [-0.15, -0.1) is 0 Å². The molecule has 3 N–H and O–H groups in total. The van der Waals surface area contributed by atoms with Gasteiger partial charge in [0, 0.05) is 6.42 Å². The Kier molecular flexibility index (Phi) is 10.8. The molecule has 0 aliphatic heterocycles. The number of rotatable bonds is 11. The zero-order valence-corrected chi connectivity index (χ0v) is 21.6. The molecular formula is C29H28N2O9. The third-order valence-electron chi connectivity index (χ3n) is 5.59. The number of methoxy groups -OCH3 is 1. The molecule has 2 amide bonds. The molecule has 0 heterocycles. The molecule has 0 aliphatic carbocycles. The number of aromatic hydroxyl groups is 1. The molecule has 0 aromatic heterocycles. The van der Waals surface area contributed by atoms with Crippen LogP contribution in [0.1, 0.15) is 27.9 Å². The van der Waals surface area contributed by atoms with Crippen molar-refractivity contribution in [3.63, 3.8) is 0 Å². The van der Waals surface area contributed by atoms with Crippen molar-refractivity contribution in [1.29, 1.82) is 0 Å². The smallest absolute Gasteiger partial charge is 0.408 e. The minimum Gasteiger partial charge on any atom is -0.508 e. The van der Waals surface area contributed by atoms with Crippen molar-refractivity contribution in [1.82, 2.24) is 10.6 Å². The highest BCUT2D eigenvalue weighted by Gasteiger charge is 2.31. The first-order chi connectivity index (χ1) is 19.2. The summed E-state index contributed by atoms with van der Waals surface area (Å²) in [6.45, 7) is -0.108. The van der Waals surface area contributed by atoms with Crippen molar-refractivity contribution >= 4 is 29.9 Å². The maximum atomic E-state index is 13.2. The summed E-state index contributed by atoms with van der Waals surface area (Å²) < 4.78 is 14.8. The van der Waals surface area contributed by atoms with Crippen molar-refractivity contribution in [2.24, 2.45) is 0 Å². The third-order valence-corrected chi connectivity index (χ3v) is 5.59. The Morgan fingerprint density at radius 1 is 0.775 bits per heavy atom. The first-order valence-electron chi connectivity index (χ1n) is 12.2. The molecule has 208 valence electrons. The van der Waals surface area contributed by atoms with Crippen molar-refractivity contribution in [3.05, 3.63) is 102 Å². The van der Waals surface area contributed by atoms with Crippen molar-refractivity contribution in [2.45, 2.75) is 31.5 Å². The van der Waals surface area contributed by atoms with Gasteiger partial charge in [-0.05, 0) is 35.4 Å². The lowest BCUT2D eigenvalue weighted by molar-refractivity contribution is -0.145. The highest BCUT2D eigenvalue weighted by Crippen LogP contribution is 2.13. The van der Waals surface area contributed by atoms with Gasteiger partial charge in [0.05, 0.1) is 19.1 Å². The first kappa shape index (κ1) is 29.4. The number of hydrogen-bond acceptors (Lipinski definition) is 9. The molecular weight excluding hydrogens is 520 g/mol. The number of nitrogens with one attached hydrogen (secondary N) is 2. The van der Waals surface area contributed by atoms with E-state index in [9.17, 15) is 29.1 Å². The highest BCUT2D eigenvalue weighted by molar-refractivity contribution is 5.99. The number of alkyl carbamates (subject to hydrolysis) is 1. The van der Waals surface area contributed by atoms with Gasteiger partial charge in [0.1, 0.15) is 24.4 Å². The number of carbonyl (C=O) groups is 5. The Morgan fingerprint density at radius 3 is 2.02 bits per heavy atom. The number of esters is 3. The van der Waals surface area contributed by atoms with E-state index in [4.69, 9.17) is 14.2 Å². The molecule has 11 heteroatoms. The molecule has 0 saturated carbocycles. The zero-order chi connectivity index (χ0) is 28.9. The Labute approximate surface area is 230 Å². The summed E-state index contributed by atoms with van der Waals surface area (Å²) in [5.41, 5.74) is 1.39. The third kappa shape index (κ3) is 9.28. The summed E-state index contributed by atoms with van der Waals surface area (Å²) in [5, 5.41) is 14.3. The van der Waals surface area contributed by atoms with Gasteiger partial charge >= 0.3 is 24.0 Å². The first-order valence-corrected chi connectivity index (χ1v) is 12.2. The van der Waals surface area contributed by atoms with E-state index in [0.29, 0.717) is 11.1 Å². The molecule has 3 aromatic rings. The molecule has 40 heavy (non-hydrogen) atoms. The van der Waals surface area contributed by atoms with Crippen LogP contribution in [0, 0.1) is 0 Å². The zero-order valence-electron chi connectivity index (χ0n) is 21.6. The van der Waals surface area contributed by atoms with Crippen LogP contribution in [0.25, 0.3) is 0 Å². The lowest BCUT2D eigenvalue weighted by Gasteiger charge is -2.22. The van der Waals surface area contributed by atoms with Crippen molar-refractivity contribution < 1.29 is 43.3 Å². The second-order valence-electron chi connectivity index (χ2n) is 8.55. The van der Waals surface area contributed by atoms with Gasteiger partial charge in [0.15, 0.2) is 0 Å². The average Bonchev–Trinajstić information content (AvgIpc) is 2.97. The van der Waals surface area contributed by atoms with E-state index in [1.165, 1.54) is 24.3 Å². The number of benzene rings is 3. The topological polar surface area (TPSA) is 157 Å². The lowest BCUT2D eigenvalue weighted by atomic mass is 10.0. The fraction of sp³-hybridized carbons (Fsp3) is 0.207. The largest absolute Gasteiger partial charge is 0.508 e. The maximum absolute atomic E-state index is 13.2. The van der Waals surface area contributed by atoms with Gasteiger partial charge in [0.2, 0.25) is 5.91 Å². The van der Waals surface area contributed by atoms with Crippen LogP contribution in [0.15, 0.2) is 84.9 Å². The van der Waals surface area contributed by atoms with Crippen LogP contribution in [-0.2, 0) is 41.6 Å². The fourth-order valence-corrected chi connectivity index (χ4v) is 3.54. The molecule has 0 aliphatic rings. The van der Waals surface area contributed by atoms with Crippen LogP contribution < -0.4 is 10.6 Å². The minimum absolute atomic E-state index is 0.0131. The van der Waals surface area contributed by atoms with E-state index in [1.807, 2.05) is 0 Å². The van der Waals surface area contributed by atoms with Gasteiger partial charge < -0.3 is 30.0 Å². The van der Waals surface area contributed by atoms with Crippen LogP contribution in [0.3, 0.4) is 0 Å². The SMILES string of the molecule is COC(=O)[C@H](Cc1ccc(O)cc1)NC(=O)[C@H](CC(=O)OC(=O)c1ccccc1)NC(=O)OCc1ccccc1. The van der Waals surface area contributed by atoms with Gasteiger partial charge in [-0.3, -0.25) is 9.59 Å². The molecule has 0 bridgehead atoms. The Balaban J connectivity index is 1.72. The Morgan fingerprint density at radius 2 is 1.40 bits per heavy atom. The molecule has 11 nitrogen and oxygen atoms in total. The van der Waals surface area contributed by atoms with Gasteiger partial charge in [0.25, 0.3) is 0 Å². The van der Waals surface area contributed by atoms with Crippen LogP contribution in [0.2, 0.25) is 0 Å². The van der Waals surface area contributed by atoms with Crippen LogP contribution >= 0.6 is 0 Å². The summed E-state index contributed by atoms with van der Waals surface area (Å²) in [6, 6.07) is 19.7. The number of ether oxygens (including phenoxy) is 3. The fourth-order valence-electron chi connectivity index (χ4n) is 3.54. The van der Waals surface area contributed by atoms with Crippen LogP contribution in [0.5, 0.6) is 5.75 Å². The van der Waals surface area contributed by atoms with Crippen molar-refractivity contribution in [3.8, 4) is 5.75 Å². The lowest BCUT2D eigenvalue weighted by Crippen LogP contribution is -2.53. The van der Waals surface area contributed by atoms with Crippen LogP contribution in [0.4, 0.5) is 4.79 Å². The number of amides is 2. The number of phenolic OH excluding ortho intramolecular Hbond substituents is 1. The highest BCUT2D eigenvalue weighted by atomic mass is 16.6. The molecule has 0 saturated heterocycles. The predicted octanol–water partition coefficient (Wildman–Crippen LogP) is 2.66. The predicted molar refractivity (Wildman–Crippen MR) is 141 cm³/mol. The molecule has 2 atom stereocenters. The summed E-state index contributed by atoms with van der Waals surface area (Å²) in [7, 11) is 1.14. The molecule has 0 unspecified atom stereocenters. The van der Waals surface area contributed by atoms with E-state index in [1.54, 1.807) is 60.7 Å². The summed E-state index contributed by atoms with van der Waals surface area (Å²) in [6.07, 6.45) is -1.77. The van der Waals surface area contributed by atoms with E-state index in [0.717, 1.165) is 7.11 Å². The quantitative estimate of drug-likeness (QED) is 0.186. The number of phenols is 1. The summed E-state index contributed by atoms with van der Waals surface area (Å²) >= 11 is 0. The van der Waals surface area contributed by atoms with Gasteiger partial charge in [-0.1, -0.05) is 60.7 Å². The minimum atomic E-state index is -1.56. The Hall–Kier alpha value is -5.19. The maximum Gasteiger partial charge on any atom is 0.408 e. The monoisotopic (exact) mass is 548 g/mol. The van der Waals surface area contributed by atoms with E-state index < -0.39 is 48.4 Å². The summed E-state index contributed by atoms with van der Waals surface area (Å²) in [5.74, 6) is -3.71. The van der Waals surface area contributed by atoms with E-state index in [-0.39, 0.29) is 24.3 Å². The molecule has 0 spiro atoms. The van der Waals surface area contributed by atoms with E-state index in [2.05, 4.69) is 10.6 Å². The second kappa shape index (κ2) is 14.7. The molecule has 3 rings (SSSR count). The normalized spacial score (nSPS) is 11.8.